The van der Waals surface area contributed by atoms with Crippen LogP contribution in [0.3, 0.4) is 0 Å². The fourth-order valence-corrected chi connectivity index (χ4v) is 2.89. The Hall–Kier alpha value is -2.43. The zero-order chi connectivity index (χ0) is 14.3. The summed E-state index contributed by atoms with van der Waals surface area (Å²) in [6.07, 6.45) is 6.96. The molecule has 5 nitrogen and oxygen atoms in total. The van der Waals surface area contributed by atoms with Crippen molar-refractivity contribution in [3.05, 3.63) is 42.4 Å². The second-order valence-corrected chi connectivity index (χ2v) is 5.45. The fourth-order valence-electron chi connectivity index (χ4n) is 2.89. The molecule has 1 aromatic heterocycles. The third-order valence-electron chi connectivity index (χ3n) is 3.94. The van der Waals surface area contributed by atoms with Gasteiger partial charge in [-0.3, -0.25) is 4.79 Å². The molecule has 2 aromatic rings. The summed E-state index contributed by atoms with van der Waals surface area (Å²) in [5, 5.41) is 2.82. The molecular weight excluding hydrogens is 270 g/mol. The summed E-state index contributed by atoms with van der Waals surface area (Å²) in [4.78, 5) is 12.0. The molecule has 1 N–H and O–H groups in total. The third-order valence-corrected chi connectivity index (χ3v) is 3.94. The van der Waals surface area contributed by atoms with Crippen LogP contribution in [0, 0.1) is 0 Å². The van der Waals surface area contributed by atoms with Crippen molar-refractivity contribution in [3.8, 4) is 11.5 Å². The lowest BCUT2D eigenvalue weighted by Gasteiger charge is -2.21. The van der Waals surface area contributed by atoms with E-state index in [1.165, 1.54) is 12.5 Å². The number of benzene rings is 1. The Bertz CT molecular complexity index is 672. The molecule has 1 aromatic carbocycles. The molecule has 0 saturated heterocycles. The monoisotopic (exact) mass is 285 g/mol. The van der Waals surface area contributed by atoms with Crippen LogP contribution in [0.4, 0.5) is 5.69 Å². The molecular formula is C16H15NO4. The Morgan fingerprint density at radius 1 is 1.10 bits per heavy atom. The average molecular weight is 285 g/mol. The van der Waals surface area contributed by atoms with Gasteiger partial charge in [0.15, 0.2) is 11.5 Å². The van der Waals surface area contributed by atoms with Gasteiger partial charge in [0.1, 0.15) is 6.26 Å². The summed E-state index contributed by atoms with van der Waals surface area (Å²) < 4.78 is 16.8. The number of hydrogen-bond acceptors (Lipinski definition) is 4. The molecule has 1 fully saturated rings. The number of carbonyl (C=O) groups is 1. The van der Waals surface area contributed by atoms with Gasteiger partial charge >= 0.3 is 0 Å². The number of fused-ring (bicyclic) bond motifs is 1. The molecule has 1 spiro atoms. The topological polar surface area (TPSA) is 60.7 Å². The van der Waals surface area contributed by atoms with Crippen LogP contribution in [0.2, 0.25) is 0 Å². The van der Waals surface area contributed by atoms with Crippen LogP contribution < -0.4 is 14.8 Å². The van der Waals surface area contributed by atoms with Crippen molar-refractivity contribution in [1.29, 1.82) is 0 Å². The summed E-state index contributed by atoms with van der Waals surface area (Å²) in [5.41, 5.74) is 1.17. The molecule has 2 aliphatic rings. The first kappa shape index (κ1) is 12.3. The van der Waals surface area contributed by atoms with Crippen LogP contribution in [-0.2, 0) is 0 Å². The largest absolute Gasteiger partial charge is 0.472 e. The summed E-state index contributed by atoms with van der Waals surface area (Å²) in [6.45, 7) is 0. The smallest absolute Gasteiger partial charge is 0.258 e. The van der Waals surface area contributed by atoms with Gasteiger partial charge in [-0.25, -0.2) is 0 Å². The van der Waals surface area contributed by atoms with Gasteiger partial charge in [-0.2, -0.15) is 0 Å². The van der Waals surface area contributed by atoms with Gasteiger partial charge in [0.2, 0.25) is 0 Å². The first-order valence-electron chi connectivity index (χ1n) is 7.10. The molecule has 1 saturated carbocycles. The summed E-state index contributed by atoms with van der Waals surface area (Å²) in [5.74, 6) is 0.758. The highest BCUT2D eigenvalue weighted by molar-refractivity contribution is 6.04. The van der Waals surface area contributed by atoms with Crippen molar-refractivity contribution in [1.82, 2.24) is 0 Å². The highest BCUT2D eigenvalue weighted by Gasteiger charge is 2.44. The maximum Gasteiger partial charge on any atom is 0.258 e. The fraction of sp³-hybridized carbons (Fsp3) is 0.312. The van der Waals surface area contributed by atoms with E-state index >= 15 is 0 Å². The predicted molar refractivity (Wildman–Crippen MR) is 75.6 cm³/mol. The Morgan fingerprint density at radius 2 is 1.90 bits per heavy atom. The molecule has 1 amide bonds. The minimum atomic E-state index is -0.477. The van der Waals surface area contributed by atoms with E-state index in [4.69, 9.17) is 13.9 Å². The summed E-state index contributed by atoms with van der Waals surface area (Å²) >= 11 is 0. The third kappa shape index (κ3) is 2.14. The number of nitrogens with one attached hydrogen (secondary N) is 1. The van der Waals surface area contributed by atoms with Crippen molar-refractivity contribution in [2.45, 2.75) is 31.5 Å². The molecule has 108 valence electrons. The van der Waals surface area contributed by atoms with E-state index < -0.39 is 5.79 Å². The maximum atomic E-state index is 12.0. The second-order valence-electron chi connectivity index (χ2n) is 5.45. The van der Waals surface area contributed by atoms with Crippen molar-refractivity contribution in [2.24, 2.45) is 0 Å². The van der Waals surface area contributed by atoms with Crippen molar-refractivity contribution < 1.29 is 18.7 Å². The maximum absolute atomic E-state index is 12.0. The van der Waals surface area contributed by atoms with Crippen molar-refractivity contribution in [3.63, 3.8) is 0 Å². The van der Waals surface area contributed by atoms with Crippen LogP contribution in [0.25, 0.3) is 0 Å². The lowest BCUT2D eigenvalue weighted by atomic mass is 10.2. The minimum absolute atomic E-state index is 0.210. The Kier molecular flexibility index (Phi) is 2.67. The van der Waals surface area contributed by atoms with E-state index in [2.05, 4.69) is 5.32 Å². The van der Waals surface area contributed by atoms with Gasteiger partial charge in [0.05, 0.1) is 11.8 Å². The van der Waals surface area contributed by atoms with E-state index in [0.29, 0.717) is 17.0 Å². The number of furan rings is 1. The number of hydrogen-bond donors (Lipinski definition) is 1. The molecule has 1 aliphatic heterocycles. The molecule has 2 heterocycles. The van der Waals surface area contributed by atoms with Gasteiger partial charge in [0, 0.05) is 24.6 Å². The van der Waals surface area contributed by atoms with Crippen LogP contribution in [-0.4, -0.2) is 11.7 Å². The van der Waals surface area contributed by atoms with E-state index in [0.717, 1.165) is 31.4 Å². The van der Waals surface area contributed by atoms with Gasteiger partial charge in [0.25, 0.3) is 11.7 Å². The number of ether oxygens (including phenoxy) is 2. The van der Waals surface area contributed by atoms with E-state index in [1.807, 2.05) is 12.1 Å². The molecule has 0 unspecified atom stereocenters. The van der Waals surface area contributed by atoms with Crippen LogP contribution >= 0.6 is 0 Å². The van der Waals surface area contributed by atoms with Crippen molar-refractivity contribution >= 4 is 11.6 Å². The first-order valence-corrected chi connectivity index (χ1v) is 7.10. The van der Waals surface area contributed by atoms with Crippen LogP contribution in [0.15, 0.2) is 41.2 Å². The molecule has 0 radical (unpaired) electrons. The second kappa shape index (κ2) is 4.55. The zero-order valence-electron chi connectivity index (χ0n) is 11.4. The van der Waals surface area contributed by atoms with E-state index in [1.54, 1.807) is 12.1 Å². The average Bonchev–Trinajstić information content (AvgIpc) is 3.19. The van der Waals surface area contributed by atoms with Gasteiger partial charge < -0.3 is 19.2 Å². The molecule has 0 atom stereocenters. The van der Waals surface area contributed by atoms with Gasteiger partial charge in [-0.15, -0.1) is 0 Å². The van der Waals surface area contributed by atoms with Crippen molar-refractivity contribution in [2.75, 3.05) is 5.32 Å². The lowest BCUT2D eigenvalue weighted by Crippen LogP contribution is -2.34. The Balaban J connectivity index is 1.53. The number of carbonyl (C=O) groups excluding carboxylic acids is 1. The quantitative estimate of drug-likeness (QED) is 0.916. The molecule has 0 bridgehead atoms. The van der Waals surface area contributed by atoms with E-state index in [-0.39, 0.29) is 5.91 Å². The predicted octanol–water partition coefficient (Wildman–Crippen LogP) is 3.57. The Morgan fingerprint density at radius 3 is 2.67 bits per heavy atom. The normalized spacial score (nSPS) is 18.1. The SMILES string of the molecule is O=C(Nc1ccc2c(c1)OC1(CCCC1)O2)c1ccoc1. The molecule has 4 rings (SSSR count). The zero-order valence-corrected chi connectivity index (χ0v) is 11.4. The number of rotatable bonds is 2. The van der Waals surface area contributed by atoms with Gasteiger partial charge in [-0.05, 0) is 31.0 Å². The number of anilines is 1. The highest BCUT2D eigenvalue weighted by Crippen LogP contribution is 2.47. The van der Waals surface area contributed by atoms with E-state index in [9.17, 15) is 4.79 Å². The molecule has 1 aliphatic carbocycles. The summed E-state index contributed by atoms with van der Waals surface area (Å²) in [6, 6.07) is 7.08. The number of amides is 1. The molecule has 21 heavy (non-hydrogen) atoms. The summed E-state index contributed by atoms with van der Waals surface area (Å²) in [7, 11) is 0. The van der Waals surface area contributed by atoms with Crippen LogP contribution in [0.5, 0.6) is 11.5 Å². The van der Waals surface area contributed by atoms with Gasteiger partial charge in [-0.1, -0.05) is 0 Å². The minimum Gasteiger partial charge on any atom is -0.472 e. The van der Waals surface area contributed by atoms with Crippen LogP contribution in [0.1, 0.15) is 36.0 Å². The standard InChI is InChI=1S/C16H15NO4/c18-15(11-5-8-19-10-11)17-12-3-4-13-14(9-12)21-16(20-13)6-1-2-7-16/h3-5,8-10H,1-2,6-7H2,(H,17,18). The first-order chi connectivity index (χ1) is 10.2. The highest BCUT2D eigenvalue weighted by atomic mass is 16.7. The molecule has 5 heteroatoms. The lowest BCUT2D eigenvalue weighted by molar-refractivity contribution is -0.0716. The Labute approximate surface area is 121 Å².